The number of hydrogen-bond acceptors (Lipinski definition) is 4. The molecular weight excluding hydrogens is 196 g/mol. The smallest absolute Gasteiger partial charge is 0.276 e. The average Bonchev–Trinajstić information content (AvgIpc) is 2.69. The van der Waals surface area contributed by atoms with E-state index in [1.54, 1.807) is 0 Å². The first-order valence-electron chi connectivity index (χ1n) is 4.92. The van der Waals surface area contributed by atoms with Crippen LogP contribution in [0.15, 0.2) is 6.33 Å². The molecule has 1 aromatic rings. The van der Waals surface area contributed by atoms with Crippen LogP contribution in [0, 0.1) is 0 Å². The second-order valence-electron chi connectivity index (χ2n) is 3.57. The zero-order chi connectivity index (χ0) is 11.1. The zero-order valence-corrected chi connectivity index (χ0v) is 8.65. The lowest BCUT2D eigenvalue weighted by atomic mass is 9.79. The van der Waals surface area contributed by atoms with E-state index in [-0.39, 0.29) is 5.91 Å². The van der Waals surface area contributed by atoms with Gasteiger partial charge in [0.1, 0.15) is 11.7 Å². The molecule has 6 heteroatoms. The van der Waals surface area contributed by atoms with E-state index < -0.39 is 11.4 Å². The third-order valence-corrected chi connectivity index (χ3v) is 3.06. The number of imide groups is 1. The van der Waals surface area contributed by atoms with Crippen molar-refractivity contribution in [2.24, 2.45) is 0 Å². The highest BCUT2D eigenvalue weighted by atomic mass is 16.2. The summed E-state index contributed by atoms with van der Waals surface area (Å²) in [6.45, 7) is 3.80. The molecule has 0 aliphatic carbocycles. The minimum Gasteiger partial charge on any atom is -0.276 e. The minimum absolute atomic E-state index is 0.280. The third-order valence-electron chi connectivity index (χ3n) is 3.06. The van der Waals surface area contributed by atoms with Crippen molar-refractivity contribution in [1.29, 1.82) is 0 Å². The predicted molar refractivity (Wildman–Crippen MR) is 51.2 cm³/mol. The molecule has 0 saturated heterocycles. The Bertz CT molecular complexity index is 420. The second-order valence-corrected chi connectivity index (χ2v) is 3.57. The predicted octanol–water partition coefficient (Wildman–Crippen LogP) is 0.434. The summed E-state index contributed by atoms with van der Waals surface area (Å²) in [5.74, 6) is 0.166. The molecule has 0 spiro atoms. The Morgan fingerprint density at radius 2 is 2.07 bits per heavy atom. The Kier molecular flexibility index (Phi) is 2.06. The first-order chi connectivity index (χ1) is 7.15. The highest BCUT2D eigenvalue weighted by Crippen LogP contribution is 2.32. The maximum absolute atomic E-state index is 11.8. The molecule has 1 aliphatic heterocycles. The van der Waals surface area contributed by atoms with Crippen LogP contribution >= 0.6 is 0 Å². The van der Waals surface area contributed by atoms with E-state index in [1.807, 2.05) is 13.8 Å². The number of nitrogens with one attached hydrogen (secondary N) is 1. The summed E-state index contributed by atoms with van der Waals surface area (Å²) in [5, 5.41) is 9.88. The van der Waals surface area contributed by atoms with Crippen LogP contribution in [0.1, 0.15) is 32.5 Å². The SMILES string of the molecule is CCC1(CC)C(=O)NC(=O)n2cnnc21. The highest BCUT2D eigenvalue weighted by molar-refractivity contribution is 6.03. The normalized spacial score (nSPS) is 18.5. The molecule has 0 saturated carbocycles. The number of nitrogens with zero attached hydrogens (tertiary/aromatic N) is 3. The van der Waals surface area contributed by atoms with E-state index >= 15 is 0 Å². The lowest BCUT2D eigenvalue weighted by Gasteiger charge is -2.32. The van der Waals surface area contributed by atoms with Gasteiger partial charge in [-0.05, 0) is 12.8 Å². The topological polar surface area (TPSA) is 76.9 Å². The average molecular weight is 208 g/mol. The van der Waals surface area contributed by atoms with E-state index in [9.17, 15) is 9.59 Å². The summed E-state index contributed by atoms with van der Waals surface area (Å²) in [6, 6.07) is -0.475. The van der Waals surface area contributed by atoms with Crippen molar-refractivity contribution >= 4 is 11.9 Å². The van der Waals surface area contributed by atoms with Gasteiger partial charge in [0.15, 0.2) is 5.82 Å². The number of carbonyl (C=O) groups excluding carboxylic acids is 2. The quantitative estimate of drug-likeness (QED) is 0.764. The molecule has 1 N–H and O–H groups in total. The Labute approximate surface area is 86.7 Å². The van der Waals surface area contributed by atoms with E-state index in [0.29, 0.717) is 18.7 Å². The van der Waals surface area contributed by atoms with Gasteiger partial charge in [-0.15, -0.1) is 10.2 Å². The van der Waals surface area contributed by atoms with Crippen molar-refractivity contribution in [2.75, 3.05) is 0 Å². The number of fused-ring (bicyclic) bond motifs is 1. The lowest BCUT2D eigenvalue weighted by Crippen LogP contribution is -2.54. The first kappa shape index (κ1) is 9.82. The summed E-state index contributed by atoms with van der Waals surface area (Å²) >= 11 is 0. The van der Waals surface area contributed by atoms with Gasteiger partial charge in [-0.25, -0.2) is 9.36 Å². The van der Waals surface area contributed by atoms with Gasteiger partial charge in [0.05, 0.1) is 0 Å². The van der Waals surface area contributed by atoms with Crippen molar-refractivity contribution in [3.05, 3.63) is 12.2 Å². The fourth-order valence-corrected chi connectivity index (χ4v) is 1.98. The first-order valence-corrected chi connectivity index (χ1v) is 4.92. The van der Waals surface area contributed by atoms with Crippen LogP contribution in [-0.2, 0) is 10.2 Å². The molecule has 1 aliphatic rings. The van der Waals surface area contributed by atoms with Crippen LogP contribution in [0.3, 0.4) is 0 Å². The van der Waals surface area contributed by atoms with Crippen LogP contribution in [0.25, 0.3) is 0 Å². The number of amides is 2. The van der Waals surface area contributed by atoms with E-state index in [2.05, 4.69) is 15.5 Å². The molecule has 0 atom stereocenters. The van der Waals surface area contributed by atoms with E-state index in [0.717, 1.165) is 0 Å². The largest absolute Gasteiger partial charge is 0.335 e. The van der Waals surface area contributed by atoms with Gasteiger partial charge < -0.3 is 0 Å². The van der Waals surface area contributed by atoms with Crippen LogP contribution in [-0.4, -0.2) is 26.7 Å². The number of rotatable bonds is 2. The maximum atomic E-state index is 11.8. The summed E-state index contributed by atoms with van der Waals surface area (Å²) in [7, 11) is 0. The number of carbonyl (C=O) groups is 2. The third kappa shape index (κ3) is 1.10. The molecular formula is C9H12N4O2. The highest BCUT2D eigenvalue weighted by Gasteiger charge is 2.46. The summed E-state index contributed by atoms with van der Waals surface area (Å²) < 4.78 is 1.30. The molecule has 0 fully saturated rings. The monoisotopic (exact) mass is 208 g/mol. The van der Waals surface area contributed by atoms with Crippen molar-refractivity contribution in [1.82, 2.24) is 20.1 Å². The van der Waals surface area contributed by atoms with Gasteiger partial charge in [0.25, 0.3) is 0 Å². The molecule has 0 unspecified atom stereocenters. The Morgan fingerprint density at radius 1 is 1.40 bits per heavy atom. The van der Waals surface area contributed by atoms with Crippen molar-refractivity contribution in [2.45, 2.75) is 32.1 Å². The van der Waals surface area contributed by atoms with Crippen molar-refractivity contribution in [3.8, 4) is 0 Å². The van der Waals surface area contributed by atoms with Crippen LogP contribution in [0.5, 0.6) is 0 Å². The van der Waals surface area contributed by atoms with Crippen LogP contribution < -0.4 is 5.32 Å². The van der Waals surface area contributed by atoms with Crippen LogP contribution in [0.4, 0.5) is 4.79 Å². The summed E-state index contributed by atoms with van der Waals surface area (Å²) in [5.41, 5.74) is -0.718. The molecule has 0 bridgehead atoms. The zero-order valence-electron chi connectivity index (χ0n) is 8.65. The maximum Gasteiger partial charge on any atom is 0.335 e. The van der Waals surface area contributed by atoms with Crippen LogP contribution in [0.2, 0.25) is 0 Å². The van der Waals surface area contributed by atoms with E-state index in [4.69, 9.17) is 0 Å². The Hall–Kier alpha value is -1.72. The molecule has 80 valence electrons. The van der Waals surface area contributed by atoms with Gasteiger partial charge >= 0.3 is 6.03 Å². The Morgan fingerprint density at radius 3 is 2.67 bits per heavy atom. The number of hydrogen-bond donors (Lipinski definition) is 1. The minimum atomic E-state index is -0.718. The molecule has 0 radical (unpaired) electrons. The molecule has 2 heterocycles. The van der Waals surface area contributed by atoms with Gasteiger partial charge in [-0.1, -0.05) is 13.8 Å². The van der Waals surface area contributed by atoms with Gasteiger partial charge in [0.2, 0.25) is 5.91 Å². The van der Waals surface area contributed by atoms with Crippen molar-refractivity contribution < 1.29 is 9.59 Å². The second kappa shape index (κ2) is 3.15. The fraction of sp³-hybridized carbons (Fsp3) is 0.556. The molecule has 2 rings (SSSR count). The summed E-state index contributed by atoms with van der Waals surface area (Å²) in [6.07, 6.45) is 2.53. The molecule has 2 amide bonds. The fourth-order valence-electron chi connectivity index (χ4n) is 1.98. The molecule has 6 nitrogen and oxygen atoms in total. The standard InChI is InChI=1S/C9H12N4O2/c1-3-9(4-2)6-12-10-5-13(6)8(15)11-7(9)14/h5H,3-4H2,1-2H3,(H,11,14,15). The van der Waals surface area contributed by atoms with Gasteiger partial charge in [-0.3, -0.25) is 10.1 Å². The van der Waals surface area contributed by atoms with E-state index in [1.165, 1.54) is 10.9 Å². The lowest BCUT2D eigenvalue weighted by molar-refractivity contribution is -0.127. The molecule has 0 aromatic carbocycles. The van der Waals surface area contributed by atoms with Crippen molar-refractivity contribution in [3.63, 3.8) is 0 Å². The summed E-state index contributed by atoms with van der Waals surface area (Å²) in [4.78, 5) is 23.3. The number of aromatic nitrogens is 3. The molecule has 1 aromatic heterocycles. The van der Waals surface area contributed by atoms with Gasteiger partial charge in [0, 0.05) is 0 Å². The molecule has 15 heavy (non-hydrogen) atoms. The van der Waals surface area contributed by atoms with Gasteiger partial charge in [-0.2, -0.15) is 0 Å². The Balaban J connectivity index is 2.63.